The van der Waals surface area contributed by atoms with Crippen molar-refractivity contribution in [3.8, 4) is 34.5 Å². The normalized spacial score (nSPS) is 17.0. The van der Waals surface area contributed by atoms with E-state index in [2.05, 4.69) is 5.32 Å². The van der Waals surface area contributed by atoms with Crippen molar-refractivity contribution in [1.29, 1.82) is 0 Å². The Hall–Kier alpha value is -5.64. The lowest BCUT2D eigenvalue weighted by atomic mass is 9.78. The number of nitrogens with zero attached hydrogens (tertiary/aromatic N) is 1. The summed E-state index contributed by atoms with van der Waals surface area (Å²) in [5, 5.41) is 3.58. The number of rotatable bonds is 9. The highest BCUT2D eigenvalue weighted by Crippen LogP contribution is 2.51. The number of carbonyl (C=O) groups is 2. The molecule has 10 nitrogen and oxygen atoms in total. The Labute approximate surface area is 279 Å². The lowest BCUT2D eigenvalue weighted by molar-refractivity contribution is -0.116. The van der Waals surface area contributed by atoms with Crippen LogP contribution in [0.2, 0.25) is 0 Å². The molecule has 1 heterocycles. The van der Waals surface area contributed by atoms with Crippen LogP contribution in [0.4, 0.5) is 11.4 Å². The van der Waals surface area contributed by atoms with Crippen molar-refractivity contribution in [2.24, 2.45) is 0 Å². The van der Waals surface area contributed by atoms with Crippen LogP contribution >= 0.6 is 0 Å². The number of ketones is 1. The van der Waals surface area contributed by atoms with Gasteiger partial charge in [-0.3, -0.25) is 14.5 Å². The van der Waals surface area contributed by atoms with Gasteiger partial charge in [0.15, 0.2) is 28.8 Å². The summed E-state index contributed by atoms with van der Waals surface area (Å²) in [4.78, 5) is 31.2. The third-order valence-corrected chi connectivity index (χ3v) is 8.89. The summed E-state index contributed by atoms with van der Waals surface area (Å²) in [6.07, 6.45) is 0.834. The minimum absolute atomic E-state index is 0.0462. The number of amides is 1. The number of benzene rings is 4. The number of hydrogen-bond donors (Lipinski definition) is 1. The van der Waals surface area contributed by atoms with Crippen LogP contribution in [-0.2, 0) is 4.79 Å². The van der Waals surface area contributed by atoms with E-state index in [-0.39, 0.29) is 23.7 Å². The van der Waals surface area contributed by atoms with Gasteiger partial charge in [0.25, 0.3) is 5.91 Å². The molecule has 0 aromatic heterocycles. The Morgan fingerprint density at radius 2 is 1.21 bits per heavy atom. The second-order valence-electron chi connectivity index (χ2n) is 11.4. The molecule has 6 rings (SSSR count). The molecule has 2 atom stereocenters. The van der Waals surface area contributed by atoms with E-state index in [4.69, 9.17) is 28.4 Å². The highest BCUT2D eigenvalue weighted by Gasteiger charge is 2.43. The van der Waals surface area contributed by atoms with Crippen molar-refractivity contribution in [3.63, 3.8) is 0 Å². The molecule has 48 heavy (non-hydrogen) atoms. The van der Waals surface area contributed by atoms with E-state index in [0.717, 1.165) is 11.3 Å². The van der Waals surface area contributed by atoms with Crippen molar-refractivity contribution in [1.82, 2.24) is 0 Å². The summed E-state index contributed by atoms with van der Waals surface area (Å²) < 4.78 is 33.9. The van der Waals surface area contributed by atoms with Gasteiger partial charge in [-0.25, -0.2) is 0 Å². The molecule has 0 unspecified atom stereocenters. The minimum atomic E-state index is -0.888. The van der Waals surface area contributed by atoms with E-state index in [1.54, 1.807) is 29.2 Å². The van der Waals surface area contributed by atoms with Gasteiger partial charge in [-0.05, 0) is 59.9 Å². The quantitative estimate of drug-likeness (QED) is 0.206. The molecule has 1 amide bonds. The van der Waals surface area contributed by atoms with Crippen LogP contribution in [0.1, 0.15) is 46.3 Å². The Bertz CT molecular complexity index is 1840. The monoisotopic (exact) mass is 650 g/mol. The van der Waals surface area contributed by atoms with Gasteiger partial charge in [0, 0.05) is 23.3 Å². The largest absolute Gasteiger partial charge is 0.493 e. The minimum Gasteiger partial charge on any atom is -0.493 e. The predicted octanol–water partition coefficient (Wildman–Crippen LogP) is 6.95. The first-order valence-corrected chi connectivity index (χ1v) is 15.5. The Morgan fingerprint density at radius 1 is 0.667 bits per heavy atom. The van der Waals surface area contributed by atoms with Crippen molar-refractivity contribution < 1.29 is 38.0 Å². The summed E-state index contributed by atoms with van der Waals surface area (Å²) in [5.74, 6) is 1.67. The van der Waals surface area contributed by atoms with E-state index in [0.29, 0.717) is 63.4 Å². The lowest BCUT2D eigenvalue weighted by Gasteiger charge is -2.35. The first kappa shape index (κ1) is 32.3. The molecule has 248 valence electrons. The fourth-order valence-corrected chi connectivity index (χ4v) is 6.69. The Morgan fingerprint density at radius 3 is 1.77 bits per heavy atom. The van der Waals surface area contributed by atoms with E-state index < -0.39 is 11.9 Å². The zero-order valence-electron chi connectivity index (χ0n) is 27.8. The number of hydrogen-bond acceptors (Lipinski definition) is 9. The second kappa shape index (κ2) is 13.6. The van der Waals surface area contributed by atoms with Crippen molar-refractivity contribution >= 4 is 23.1 Å². The number of fused-ring (bicyclic) bond motifs is 1. The average Bonchev–Trinajstić information content (AvgIpc) is 3.28. The predicted molar refractivity (Wildman–Crippen MR) is 182 cm³/mol. The Kier molecular flexibility index (Phi) is 9.16. The first-order valence-electron chi connectivity index (χ1n) is 15.5. The van der Waals surface area contributed by atoms with Crippen LogP contribution in [0, 0.1) is 0 Å². The molecule has 1 aliphatic heterocycles. The molecule has 1 N–H and O–H groups in total. The maximum absolute atomic E-state index is 15.1. The number of Topliss-reactive ketones (excluding diaryl/α,β-unsaturated/α-hetero) is 1. The molecule has 4 aromatic rings. The van der Waals surface area contributed by atoms with E-state index >= 15 is 4.79 Å². The summed E-state index contributed by atoms with van der Waals surface area (Å²) in [5.41, 5.74) is 4.43. The number of para-hydroxylation sites is 2. The van der Waals surface area contributed by atoms with Gasteiger partial charge in [-0.2, -0.15) is 0 Å². The van der Waals surface area contributed by atoms with Gasteiger partial charge in [-0.15, -0.1) is 0 Å². The Balaban J connectivity index is 1.63. The van der Waals surface area contributed by atoms with E-state index in [9.17, 15) is 4.79 Å². The number of allylic oxidation sites excluding steroid dienone is 1. The fourth-order valence-electron chi connectivity index (χ4n) is 6.69. The summed E-state index contributed by atoms with van der Waals surface area (Å²) >= 11 is 0. The topological polar surface area (TPSA) is 105 Å². The number of ether oxygens (including phenoxy) is 6. The standard InChI is InChI=1S/C38H38N2O8/c1-43-30-18-24(19-31(44-2)36(30)47-5)35-34-27(16-23(17-29(34)41)22-12-8-7-9-13-22)39-26-14-10-11-15-28(26)40(35)38(42)25-20-32(45-3)37(48-6)33(21-25)46-4/h7-15,18-21,23,35,39H,16-17H2,1-6H3/t23-,35-/m1/s1. The SMILES string of the molecule is COc1cc(C(=O)N2c3ccccc3NC3=C(C(=O)C[C@H](c4ccccc4)C3)[C@H]2c2cc(OC)c(OC)c(OC)c2)cc(OC)c1OC. The van der Waals surface area contributed by atoms with E-state index in [1.165, 1.54) is 42.7 Å². The van der Waals surface area contributed by atoms with Gasteiger partial charge in [-0.1, -0.05) is 42.5 Å². The van der Waals surface area contributed by atoms with Crippen LogP contribution in [0.25, 0.3) is 0 Å². The zero-order chi connectivity index (χ0) is 33.9. The molecule has 0 spiro atoms. The molecular formula is C38H38N2O8. The van der Waals surface area contributed by atoms with Crippen LogP contribution in [0.15, 0.2) is 90.1 Å². The molecule has 0 saturated carbocycles. The third-order valence-electron chi connectivity index (χ3n) is 8.89. The number of methoxy groups -OCH3 is 6. The molecule has 1 aliphatic carbocycles. The number of anilines is 2. The number of nitrogens with one attached hydrogen (secondary N) is 1. The molecule has 4 aromatic carbocycles. The number of carbonyl (C=O) groups excluding carboxylic acids is 2. The summed E-state index contributed by atoms with van der Waals surface area (Å²) in [7, 11) is 9.09. The lowest BCUT2D eigenvalue weighted by Crippen LogP contribution is -2.38. The molecule has 0 radical (unpaired) electrons. The molecule has 0 fully saturated rings. The molecule has 10 heteroatoms. The maximum atomic E-state index is 15.1. The zero-order valence-corrected chi connectivity index (χ0v) is 27.8. The molecule has 2 aliphatic rings. The van der Waals surface area contributed by atoms with Crippen LogP contribution in [0.3, 0.4) is 0 Å². The van der Waals surface area contributed by atoms with Gasteiger partial charge >= 0.3 is 0 Å². The average molecular weight is 651 g/mol. The molecule has 0 bridgehead atoms. The van der Waals surface area contributed by atoms with Crippen molar-refractivity contribution in [2.45, 2.75) is 24.8 Å². The molecular weight excluding hydrogens is 612 g/mol. The fraction of sp³-hybridized carbons (Fsp3) is 0.263. The van der Waals surface area contributed by atoms with Gasteiger partial charge in [0.1, 0.15) is 0 Å². The van der Waals surface area contributed by atoms with Crippen LogP contribution in [-0.4, -0.2) is 54.3 Å². The van der Waals surface area contributed by atoms with Crippen molar-refractivity contribution in [2.75, 3.05) is 52.9 Å². The van der Waals surface area contributed by atoms with Crippen molar-refractivity contribution in [3.05, 3.63) is 107 Å². The smallest absolute Gasteiger partial charge is 0.259 e. The highest BCUT2D eigenvalue weighted by atomic mass is 16.5. The van der Waals surface area contributed by atoms with Gasteiger partial charge < -0.3 is 33.7 Å². The van der Waals surface area contributed by atoms with Gasteiger partial charge in [0.05, 0.1) is 60.1 Å². The summed E-state index contributed by atoms with van der Waals surface area (Å²) in [6.45, 7) is 0. The van der Waals surface area contributed by atoms with Crippen LogP contribution in [0.5, 0.6) is 34.5 Å². The molecule has 0 saturated heterocycles. The second-order valence-corrected chi connectivity index (χ2v) is 11.4. The first-order chi connectivity index (χ1) is 23.4. The highest BCUT2D eigenvalue weighted by molar-refractivity contribution is 6.12. The maximum Gasteiger partial charge on any atom is 0.259 e. The third kappa shape index (κ3) is 5.63. The van der Waals surface area contributed by atoms with Crippen LogP contribution < -0.4 is 38.6 Å². The summed E-state index contributed by atoms with van der Waals surface area (Å²) in [6, 6.07) is 23.5. The van der Waals surface area contributed by atoms with E-state index in [1.807, 2.05) is 54.6 Å². The van der Waals surface area contributed by atoms with Gasteiger partial charge in [0.2, 0.25) is 11.5 Å².